The number of amides is 1. The summed E-state index contributed by atoms with van der Waals surface area (Å²) in [6, 6.07) is 16.1. The third-order valence-corrected chi connectivity index (χ3v) is 4.95. The molecule has 0 saturated heterocycles. The molecular weight excluding hydrogens is 406 g/mol. The zero-order chi connectivity index (χ0) is 23.1. The van der Waals surface area contributed by atoms with Crippen LogP contribution in [0.15, 0.2) is 59.7 Å². The molecule has 2 aromatic carbocycles. The molecule has 32 heavy (non-hydrogen) atoms. The van der Waals surface area contributed by atoms with Gasteiger partial charge < -0.3 is 14.0 Å². The number of nitrogens with zero attached hydrogens (tertiary/aromatic N) is 2. The van der Waals surface area contributed by atoms with E-state index in [0.717, 1.165) is 34.8 Å². The fraction of sp³-hybridized carbons (Fsp3) is 0.240. The first-order valence-corrected chi connectivity index (χ1v) is 10.4. The second-order valence-corrected chi connectivity index (χ2v) is 7.28. The summed E-state index contributed by atoms with van der Waals surface area (Å²) in [5.41, 5.74) is 7.13. The van der Waals surface area contributed by atoms with Crippen molar-refractivity contribution in [2.24, 2.45) is 5.10 Å². The van der Waals surface area contributed by atoms with Crippen molar-refractivity contribution in [1.82, 2.24) is 9.99 Å². The fourth-order valence-electron chi connectivity index (χ4n) is 3.35. The quantitative estimate of drug-likeness (QED) is 0.324. The maximum Gasteiger partial charge on any atom is 0.337 e. The second-order valence-electron chi connectivity index (χ2n) is 7.28. The molecular formula is C25H27N3O4. The van der Waals surface area contributed by atoms with Crippen molar-refractivity contribution in [2.45, 2.75) is 27.2 Å². The van der Waals surface area contributed by atoms with Crippen LogP contribution in [0.2, 0.25) is 0 Å². The summed E-state index contributed by atoms with van der Waals surface area (Å²) in [4.78, 5) is 24.2. The number of nitrogens with one attached hydrogen (secondary N) is 1. The molecule has 3 rings (SSSR count). The third-order valence-electron chi connectivity index (χ3n) is 4.95. The van der Waals surface area contributed by atoms with Gasteiger partial charge in [0.05, 0.1) is 25.5 Å². The van der Waals surface area contributed by atoms with Crippen molar-refractivity contribution in [3.63, 3.8) is 0 Å². The van der Waals surface area contributed by atoms with Gasteiger partial charge in [0.25, 0.3) is 5.91 Å². The van der Waals surface area contributed by atoms with E-state index in [9.17, 15) is 9.59 Å². The Hall–Kier alpha value is -3.87. The Morgan fingerprint density at radius 3 is 2.50 bits per heavy atom. The van der Waals surface area contributed by atoms with Crippen LogP contribution in [0.25, 0.3) is 5.69 Å². The number of hydrazone groups is 1. The van der Waals surface area contributed by atoms with E-state index in [0.29, 0.717) is 17.7 Å². The first-order chi connectivity index (χ1) is 15.4. The lowest BCUT2D eigenvalue weighted by molar-refractivity contribution is 0.0600. The number of aryl methyl sites for hydroxylation is 1. The van der Waals surface area contributed by atoms with E-state index >= 15 is 0 Å². The van der Waals surface area contributed by atoms with Gasteiger partial charge in [-0.25, -0.2) is 10.2 Å². The molecule has 0 saturated carbocycles. The van der Waals surface area contributed by atoms with Crippen LogP contribution in [-0.4, -0.2) is 36.4 Å². The van der Waals surface area contributed by atoms with E-state index in [4.69, 9.17) is 9.47 Å². The average Bonchev–Trinajstić information content (AvgIpc) is 3.10. The molecule has 0 radical (unpaired) electrons. The summed E-state index contributed by atoms with van der Waals surface area (Å²) in [5, 5.41) is 4.11. The van der Waals surface area contributed by atoms with Gasteiger partial charge >= 0.3 is 5.97 Å². The van der Waals surface area contributed by atoms with Crippen molar-refractivity contribution in [1.29, 1.82) is 0 Å². The van der Waals surface area contributed by atoms with Gasteiger partial charge in [-0.3, -0.25) is 4.79 Å². The molecule has 0 bridgehead atoms. The standard InChI is InChI=1S/C25H27N3O4/c1-5-13-32-23-11-9-19(10-12-23)24(29)27-26-16-21-14-17(2)28(18(21)3)22-8-6-7-20(15-22)25(30)31-4/h6-12,14-16H,5,13H2,1-4H3,(H,27,29)/b26-16+. The van der Waals surface area contributed by atoms with Gasteiger partial charge in [0.15, 0.2) is 0 Å². The first-order valence-electron chi connectivity index (χ1n) is 10.4. The molecule has 3 aromatic rings. The number of ether oxygens (including phenoxy) is 2. The summed E-state index contributed by atoms with van der Waals surface area (Å²) >= 11 is 0. The molecule has 0 atom stereocenters. The number of methoxy groups -OCH3 is 1. The topological polar surface area (TPSA) is 81.9 Å². The lowest BCUT2D eigenvalue weighted by atomic mass is 10.2. The average molecular weight is 434 g/mol. The summed E-state index contributed by atoms with van der Waals surface area (Å²) in [7, 11) is 1.36. The van der Waals surface area contributed by atoms with Crippen LogP contribution >= 0.6 is 0 Å². The molecule has 7 nitrogen and oxygen atoms in total. The largest absolute Gasteiger partial charge is 0.494 e. The number of hydrogen-bond donors (Lipinski definition) is 1. The third kappa shape index (κ3) is 5.24. The predicted molar refractivity (Wildman–Crippen MR) is 124 cm³/mol. The van der Waals surface area contributed by atoms with Crippen LogP contribution < -0.4 is 10.2 Å². The lowest BCUT2D eigenvalue weighted by Gasteiger charge is -2.11. The van der Waals surface area contributed by atoms with Gasteiger partial charge in [0.2, 0.25) is 0 Å². The van der Waals surface area contributed by atoms with Crippen molar-refractivity contribution in [3.05, 3.63) is 82.7 Å². The highest BCUT2D eigenvalue weighted by atomic mass is 16.5. The van der Waals surface area contributed by atoms with E-state index in [1.165, 1.54) is 7.11 Å². The molecule has 1 heterocycles. The highest BCUT2D eigenvalue weighted by molar-refractivity contribution is 5.95. The molecule has 0 spiro atoms. The molecule has 0 unspecified atom stereocenters. The van der Waals surface area contributed by atoms with E-state index < -0.39 is 0 Å². The van der Waals surface area contributed by atoms with Crippen molar-refractivity contribution in [2.75, 3.05) is 13.7 Å². The van der Waals surface area contributed by atoms with Gasteiger partial charge in [-0.1, -0.05) is 13.0 Å². The SMILES string of the molecule is CCCOc1ccc(C(=O)N/N=C/c2cc(C)n(-c3cccc(C(=O)OC)c3)c2C)cc1. The lowest BCUT2D eigenvalue weighted by Crippen LogP contribution is -2.17. The van der Waals surface area contributed by atoms with Gasteiger partial charge in [0.1, 0.15) is 5.75 Å². The normalized spacial score (nSPS) is 10.9. The van der Waals surface area contributed by atoms with Gasteiger partial charge in [-0.05, 0) is 68.8 Å². The van der Waals surface area contributed by atoms with Gasteiger partial charge in [-0.15, -0.1) is 0 Å². The summed E-state index contributed by atoms with van der Waals surface area (Å²) in [6.45, 7) is 6.60. The number of carbonyl (C=O) groups is 2. The van der Waals surface area contributed by atoms with Gasteiger partial charge in [0, 0.05) is 28.2 Å². The molecule has 0 fully saturated rings. The number of rotatable bonds is 8. The minimum absolute atomic E-state index is 0.303. The van der Waals surface area contributed by atoms with E-state index in [1.54, 1.807) is 42.6 Å². The molecule has 1 amide bonds. The smallest absolute Gasteiger partial charge is 0.337 e. The molecule has 0 aliphatic rings. The van der Waals surface area contributed by atoms with Crippen LogP contribution in [0.5, 0.6) is 5.75 Å². The maximum atomic E-state index is 12.4. The summed E-state index contributed by atoms with van der Waals surface area (Å²) in [6.07, 6.45) is 2.54. The molecule has 0 aliphatic heterocycles. The second kappa shape index (κ2) is 10.4. The van der Waals surface area contributed by atoms with Gasteiger partial charge in [-0.2, -0.15) is 5.10 Å². The monoisotopic (exact) mass is 433 g/mol. The number of carbonyl (C=O) groups excluding carboxylic acids is 2. The van der Waals surface area contributed by atoms with E-state index in [-0.39, 0.29) is 11.9 Å². The van der Waals surface area contributed by atoms with Crippen LogP contribution in [0.1, 0.15) is 51.0 Å². The summed E-state index contributed by atoms with van der Waals surface area (Å²) < 4.78 is 12.4. The zero-order valence-corrected chi connectivity index (χ0v) is 18.7. The molecule has 166 valence electrons. The minimum atomic E-state index is -0.385. The van der Waals surface area contributed by atoms with Crippen molar-refractivity contribution < 1.29 is 19.1 Å². The number of benzene rings is 2. The minimum Gasteiger partial charge on any atom is -0.494 e. The van der Waals surface area contributed by atoms with Crippen LogP contribution in [0.4, 0.5) is 0 Å². The Labute approximate surface area is 187 Å². The zero-order valence-electron chi connectivity index (χ0n) is 18.7. The van der Waals surface area contributed by atoms with Crippen LogP contribution in [0.3, 0.4) is 0 Å². The Bertz CT molecular complexity index is 1130. The highest BCUT2D eigenvalue weighted by Crippen LogP contribution is 2.21. The maximum absolute atomic E-state index is 12.4. The first kappa shape index (κ1) is 22.8. The van der Waals surface area contributed by atoms with E-state index in [1.807, 2.05) is 43.5 Å². The molecule has 1 N–H and O–H groups in total. The predicted octanol–water partition coefficient (Wildman–Crippen LogP) is 4.43. The van der Waals surface area contributed by atoms with Crippen molar-refractivity contribution in [3.8, 4) is 11.4 Å². The molecule has 0 aliphatic carbocycles. The highest BCUT2D eigenvalue weighted by Gasteiger charge is 2.12. The number of esters is 1. The van der Waals surface area contributed by atoms with Crippen LogP contribution in [-0.2, 0) is 4.74 Å². The Morgan fingerprint density at radius 1 is 1.06 bits per heavy atom. The fourth-order valence-corrected chi connectivity index (χ4v) is 3.35. The van der Waals surface area contributed by atoms with E-state index in [2.05, 4.69) is 10.5 Å². The number of hydrogen-bond acceptors (Lipinski definition) is 5. The van der Waals surface area contributed by atoms with Crippen molar-refractivity contribution >= 4 is 18.1 Å². The summed E-state index contributed by atoms with van der Waals surface area (Å²) in [5.74, 6) is 0.0438. The Morgan fingerprint density at radius 2 is 1.81 bits per heavy atom. The molecule has 7 heteroatoms. The van der Waals surface area contributed by atoms with Crippen LogP contribution in [0, 0.1) is 13.8 Å². The molecule has 1 aromatic heterocycles. The Kier molecular flexibility index (Phi) is 7.44. The Balaban J connectivity index is 1.72. The number of aromatic nitrogens is 1.